The first kappa shape index (κ1) is 13.3. The third kappa shape index (κ3) is 2.67. The third-order valence-electron chi connectivity index (χ3n) is 2.51. The number of rotatable bonds is 1. The van der Waals surface area contributed by atoms with Crippen LogP contribution in [0.4, 0.5) is 22.0 Å². The fourth-order valence-electron chi connectivity index (χ4n) is 1.66. The Morgan fingerprint density at radius 2 is 1.63 bits per heavy atom. The number of phenolic OH excluding ortho intramolecular Hbond substituents is 1. The van der Waals surface area contributed by atoms with E-state index in [0.717, 1.165) is 18.2 Å². The lowest BCUT2D eigenvalue weighted by atomic mass is 10.0. The molecule has 0 amide bonds. The number of halogens is 5. The van der Waals surface area contributed by atoms with Gasteiger partial charge in [0.1, 0.15) is 5.75 Å². The Balaban J connectivity index is 2.63. The standard InChI is InChI=1S/C13H7F5O/c14-11-3-1-2-10(12(11)15)7-4-8(13(16,17)18)6-9(19)5-7/h1-6,19H. The number of hydrogen-bond acceptors (Lipinski definition) is 1. The summed E-state index contributed by atoms with van der Waals surface area (Å²) >= 11 is 0. The molecule has 0 aliphatic carbocycles. The molecule has 2 aromatic rings. The molecule has 0 radical (unpaired) electrons. The van der Waals surface area contributed by atoms with E-state index < -0.39 is 29.1 Å². The van der Waals surface area contributed by atoms with E-state index >= 15 is 0 Å². The number of benzene rings is 2. The molecule has 0 atom stereocenters. The number of aromatic hydroxyl groups is 1. The Hall–Kier alpha value is -2.11. The molecule has 6 heteroatoms. The zero-order valence-corrected chi connectivity index (χ0v) is 9.30. The van der Waals surface area contributed by atoms with E-state index in [9.17, 15) is 27.1 Å². The predicted octanol–water partition coefficient (Wildman–Crippen LogP) is 4.36. The summed E-state index contributed by atoms with van der Waals surface area (Å²) in [7, 11) is 0. The maximum atomic E-state index is 13.5. The molecule has 1 nitrogen and oxygen atoms in total. The van der Waals surface area contributed by atoms with Gasteiger partial charge in [0.05, 0.1) is 5.56 Å². The van der Waals surface area contributed by atoms with Crippen LogP contribution in [0.25, 0.3) is 11.1 Å². The second-order valence-electron chi connectivity index (χ2n) is 3.87. The Bertz CT molecular complexity index is 619. The Morgan fingerprint density at radius 1 is 0.947 bits per heavy atom. The highest BCUT2D eigenvalue weighted by atomic mass is 19.4. The Morgan fingerprint density at radius 3 is 2.26 bits per heavy atom. The second-order valence-corrected chi connectivity index (χ2v) is 3.87. The maximum Gasteiger partial charge on any atom is 0.416 e. The van der Waals surface area contributed by atoms with Gasteiger partial charge in [0.2, 0.25) is 0 Å². The van der Waals surface area contributed by atoms with Gasteiger partial charge in [-0.15, -0.1) is 0 Å². The summed E-state index contributed by atoms with van der Waals surface area (Å²) in [6.07, 6.45) is -4.68. The van der Waals surface area contributed by atoms with Crippen molar-refractivity contribution in [2.75, 3.05) is 0 Å². The lowest BCUT2D eigenvalue weighted by Gasteiger charge is -2.10. The molecule has 19 heavy (non-hydrogen) atoms. The smallest absolute Gasteiger partial charge is 0.416 e. The third-order valence-corrected chi connectivity index (χ3v) is 2.51. The highest BCUT2D eigenvalue weighted by molar-refractivity contribution is 5.67. The maximum absolute atomic E-state index is 13.5. The van der Waals surface area contributed by atoms with Gasteiger partial charge in [0.25, 0.3) is 0 Å². The van der Waals surface area contributed by atoms with Gasteiger partial charge in [-0.1, -0.05) is 12.1 Å². The second kappa shape index (κ2) is 4.53. The largest absolute Gasteiger partial charge is 0.508 e. The summed E-state index contributed by atoms with van der Waals surface area (Å²) in [5, 5.41) is 9.26. The lowest BCUT2D eigenvalue weighted by Crippen LogP contribution is -2.05. The molecule has 0 aliphatic heterocycles. The lowest BCUT2D eigenvalue weighted by molar-refractivity contribution is -0.137. The van der Waals surface area contributed by atoms with Crippen molar-refractivity contribution in [3.63, 3.8) is 0 Å². The molecule has 1 N–H and O–H groups in total. The van der Waals surface area contributed by atoms with Gasteiger partial charge in [0, 0.05) is 5.56 Å². The number of phenols is 1. The van der Waals surface area contributed by atoms with Crippen molar-refractivity contribution in [1.29, 1.82) is 0 Å². The van der Waals surface area contributed by atoms with Gasteiger partial charge < -0.3 is 5.11 Å². The van der Waals surface area contributed by atoms with Crippen LogP contribution in [0.3, 0.4) is 0 Å². The molecule has 2 rings (SSSR count). The van der Waals surface area contributed by atoms with Crippen molar-refractivity contribution in [3.05, 3.63) is 53.6 Å². The van der Waals surface area contributed by atoms with Gasteiger partial charge in [-0.2, -0.15) is 13.2 Å². The molecule has 0 aliphatic rings. The topological polar surface area (TPSA) is 20.2 Å². The van der Waals surface area contributed by atoms with Gasteiger partial charge >= 0.3 is 6.18 Å². The summed E-state index contributed by atoms with van der Waals surface area (Å²) < 4.78 is 64.2. The van der Waals surface area contributed by atoms with Crippen LogP contribution in [0, 0.1) is 11.6 Å². The van der Waals surface area contributed by atoms with E-state index in [2.05, 4.69) is 0 Å². The summed E-state index contributed by atoms with van der Waals surface area (Å²) in [6.45, 7) is 0. The monoisotopic (exact) mass is 274 g/mol. The normalized spacial score (nSPS) is 11.6. The van der Waals surface area contributed by atoms with Gasteiger partial charge in [-0.25, -0.2) is 8.78 Å². The van der Waals surface area contributed by atoms with Crippen LogP contribution in [0.2, 0.25) is 0 Å². The molecule has 0 aromatic heterocycles. The van der Waals surface area contributed by atoms with Crippen molar-refractivity contribution in [2.24, 2.45) is 0 Å². The van der Waals surface area contributed by atoms with Crippen LogP contribution >= 0.6 is 0 Å². The minimum atomic E-state index is -4.68. The first-order chi connectivity index (χ1) is 8.79. The van der Waals surface area contributed by atoms with E-state index in [-0.39, 0.29) is 11.1 Å². The fraction of sp³-hybridized carbons (Fsp3) is 0.0769. The quantitative estimate of drug-likeness (QED) is 0.766. The molecule has 100 valence electrons. The van der Waals surface area contributed by atoms with E-state index in [1.54, 1.807) is 0 Å². The zero-order valence-electron chi connectivity index (χ0n) is 9.30. The molecule has 0 spiro atoms. The minimum Gasteiger partial charge on any atom is -0.508 e. The van der Waals surface area contributed by atoms with Crippen LogP contribution in [0.1, 0.15) is 5.56 Å². The summed E-state index contributed by atoms with van der Waals surface area (Å²) in [5.74, 6) is -3.11. The van der Waals surface area contributed by atoms with Crippen molar-refractivity contribution < 1.29 is 27.1 Å². The van der Waals surface area contributed by atoms with E-state index in [0.29, 0.717) is 12.1 Å². The van der Waals surface area contributed by atoms with Crippen LogP contribution < -0.4 is 0 Å². The molecule has 0 fully saturated rings. The average molecular weight is 274 g/mol. The van der Waals surface area contributed by atoms with Crippen LogP contribution in [0.5, 0.6) is 5.75 Å². The zero-order chi connectivity index (χ0) is 14.2. The molecule has 0 heterocycles. The molecule has 0 bridgehead atoms. The molecular weight excluding hydrogens is 267 g/mol. The first-order valence-corrected chi connectivity index (χ1v) is 5.14. The molecular formula is C13H7F5O. The number of hydrogen-bond donors (Lipinski definition) is 1. The van der Waals surface area contributed by atoms with Gasteiger partial charge in [-0.05, 0) is 29.8 Å². The first-order valence-electron chi connectivity index (χ1n) is 5.14. The van der Waals surface area contributed by atoms with Crippen molar-refractivity contribution in [2.45, 2.75) is 6.18 Å². The molecule has 0 saturated heterocycles. The Kier molecular flexibility index (Phi) is 3.18. The molecule has 0 unspecified atom stereocenters. The highest BCUT2D eigenvalue weighted by Gasteiger charge is 2.31. The highest BCUT2D eigenvalue weighted by Crippen LogP contribution is 2.36. The van der Waals surface area contributed by atoms with Crippen LogP contribution in [-0.4, -0.2) is 5.11 Å². The SMILES string of the molecule is Oc1cc(-c2cccc(F)c2F)cc(C(F)(F)F)c1. The van der Waals surface area contributed by atoms with Gasteiger partial charge in [0.15, 0.2) is 11.6 Å². The average Bonchev–Trinajstić information content (AvgIpc) is 2.31. The van der Waals surface area contributed by atoms with Crippen molar-refractivity contribution >= 4 is 0 Å². The van der Waals surface area contributed by atoms with Crippen molar-refractivity contribution in [3.8, 4) is 16.9 Å². The summed E-state index contributed by atoms with van der Waals surface area (Å²) in [4.78, 5) is 0. The fourth-order valence-corrected chi connectivity index (χ4v) is 1.66. The van der Waals surface area contributed by atoms with E-state index in [4.69, 9.17) is 0 Å². The van der Waals surface area contributed by atoms with Crippen LogP contribution in [-0.2, 0) is 6.18 Å². The summed E-state index contributed by atoms with van der Waals surface area (Å²) in [6, 6.07) is 5.26. The molecule has 0 saturated carbocycles. The minimum absolute atomic E-state index is 0.246. The number of alkyl halides is 3. The van der Waals surface area contributed by atoms with Gasteiger partial charge in [-0.3, -0.25) is 0 Å². The predicted molar refractivity (Wildman–Crippen MR) is 58.5 cm³/mol. The van der Waals surface area contributed by atoms with E-state index in [1.807, 2.05) is 0 Å². The van der Waals surface area contributed by atoms with Crippen molar-refractivity contribution in [1.82, 2.24) is 0 Å². The Labute approximate surface area is 104 Å². The van der Waals surface area contributed by atoms with Crippen LogP contribution in [0.15, 0.2) is 36.4 Å². The van der Waals surface area contributed by atoms with E-state index in [1.165, 1.54) is 6.07 Å². The summed E-state index contributed by atoms with van der Waals surface area (Å²) in [5.41, 5.74) is -1.73. The molecule has 2 aromatic carbocycles.